The summed E-state index contributed by atoms with van der Waals surface area (Å²) in [5.41, 5.74) is 3.96. The second-order valence-corrected chi connectivity index (χ2v) is 8.71. The lowest BCUT2D eigenvalue weighted by Gasteiger charge is -2.18. The average Bonchev–Trinajstić information content (AvgIpc) is 3.36. The molecule has 0 aliphatic carbocycles. The lowest BCUT2D eigenvalue weighted by molar-refractivity contribution is -0.130. The van der Waals surface area contributed by atoms with Crippen LogP contribution in [0.25, 0.3) is 23.0 Å². The summed E-state index contributed by atoms with van der Waals surface area (Å²) >= 11 is 0. The number of carbonyl (C=O) groups is 3. The van der Waals surface area contributed by atoms with E-state index in [0.717, 1.165) is 5.69 Å². The summed E-state index contributed by atoms with van der Waals surface area (Å²) in [7, 11) is 0. The molecule has 4 aromatic rings. The zero-order valence-corrected chi connectivity index (χ0v) is 21.6. The van der Waals surface area contributed by atoms with Gasteiger partial charge >= 0.3 is 0 Å². The van der Waals surface area contributed by atoms with E-state index in [0.29, 0.717) is 34.7 Å². The highest BCUT2D eigenvalue weighted by atomic mass is 19.1. The molecule has 2 N–H and O–H groups in total. The van der Waals surface area contributed by atoms with Crippen LogP contribution < -0.4 is 10.6 Å². The van der Waals surface area contributed by atoms with E-state index in [9.17, 15) is 18.8 Å². The molecule has 0 unspecified atom stereocenters. The van der Waals surface area contributed by atoms with E-state index in [4.69, 9.17) is 0 Å². The van der Waals surface area contributed by atoms with Gasteiger partial charge in [-0.15, -0.1) is 0 Å². The number of rotatable bonds is 9. The molecule has 0 radical (unpaired) electrons. The second-order valence-electron chi connectivity index (χ2n) is 8.71. The highest BCUT2D eigenvalue weighted by Crippen LogP contribution is 2.25. The number of anilines is 2. The van der Waals surface area contributed by atoms with E-state index in [-0.39, 0.29) is 30.1 Å². The van der Waals surface area contributed by atoms with Crippen molar-refractivity contribution >= 4 is 35.2 Å². The van der Waals surface area contributed by atoms with Crippen LogP contribution in [0.3, 0.4) is 0 Å². The van der Waals surface area contributed by atoms with Crippen molar-refractivity contribution in [3.8, 4) is 16.9 Å². The Bertz CT molecular complexity index is 1480. The molecule has 0 saturated carbocycles. The van der Waals surface area contributed by atoms with Gasteiger partial charge in [-0.3, -0.25) is 14.4 Å². The van der Waals surface area contributed by atoms with Crippen molar-refractivity contribution in [1.82, 2.24) is 14.7 Å². The molecular formula is C30H28FN5O3. The molecule has 1 heterocycles. The van der Waals surface area contributed by atoms with Crippen LogP contribution in [0.5, 0.6) is 0 Å². The first-order valence-electron chi connectivity index (χ1n) is 12.4. The molecule has 0 spiro atoms. The summed E-state index contributed by atoms with van der Waals surface area (Å²) in [6, 6.07) is 22.2. The second kappa shape index (κ2) is 12.5. The van der Waals surface area contributed by atoms with E-state index in [2.05, 4.69) is 15.7 Å². The maximum atomic E-state index is 13.5. The van der Waals surface area contributed by atoms with Crippen molar-refractivity contribution in [2.75, 3.05) is 23.7 Å². The van der Waals surface area contributed by atoms with Crippen LogP contribution in [0.4, 0.5) is 15.8 Å². The van der Waals surface area contributed by atoms with Gasteiger partial charge in [-0.05, 0) is 73.7 Å². The lowest BCUT2D eigenvalue weighted by Crippen LogP contribution is -2.36. The first-order chi connectivity index (χ1) is 18.8. The van der Waals surface area contributed by atoms with E-state index in [1.165, 1.54) is 30.0 Å². The topological polar surface area (TPSA) is 96.3 Å². The minimum atomic E-state index is -0.353. The van der Waals surface area contributed by atoms with E-state index in [1.807, 2.05) is 30.3 Å². The quantitative estimate of drug-likeness (QED) is 0.296. The Balaban J connectivity index is 1.48. The zero-order valence-electron chi connectivity index (χ0n) is 21.6. The molecule has 4 rings (SSSR count). The molecule has 0 aliphatic rings. The van der Waals surface area contributed by atoms with Gasteiger partial charge in [-0.25, -0.2) is 9.07 Å². The Morgan fingerprint density at radius 2 is 1.56 bits per heavy atom. The number of hydrogen-bond acceptors (Lipinski definition) is 4. The normalized spacial score (nSPS) is 10.8. The highest BCUT2D eigenvalue weighted by Gasteiger charge is 2.15. The molecular weight excluding hydrogens is 497 g/mol. The van der Waals surface area contributed by atoms with Gasteiger partial charge in [0, 0.05) is 48.2 Å². The van der Waals surface area contributed by atoms with Crippen molar-refractivity contribution in [3.63, 3.8) is 0 Å². The zero-order chi connectivity index (χ0) is 27.8. The molecule has 39 heavy (non-hydrogen) atoms. The van der Waals surface area contributed by atoms with Crippen molar-refractivity contribution in [2.45, 2.75) is 13.8 Å². The number of halogens is 1. The number of likely N-dealkylation sites (N-methyl/N-ethyl adjacent to an activating group) is 1. The Kier molecular flexibility index (Phi) is 8.63. The standard InChI is InChI=1S/C30H28FN5O3/c1-3-35(20-28(38)33-26-16-14-25(15-17-26)32-21(2)37)29(39)18-11-23-19-36(27-7-5-4-6-8-27)34-30(23)22-9-12-24(31)13-10-22/h4-19H,3,20H2,1-2H3,(H,32,37)(H,33,38). The third-order valence-corrected chi connectivity index (χ3v) is 5.80. The fraction of sp³-hybridized carbons (Fsp3) is 0.133. The smallest absolute Gasteiger partial charge is 0.247 e. The average molecular weight is 526 g/mol. The largest absolute Gasteiger partial charge is 0.330 e. The summed E-state index contributed by atoms with van der Waals surface area (Å²) in [5, 5.41) is 10.1. The van der Waals surface area contributed by atoms with Crippen LogP contribution in [-0.2, 0) is 14.4 Å². The van der Waals surface area contributed by atoms with Crippen molar-refractivity contribution in [1.29, 1.82) is 0 Å². The first-order valence-corrected chi connectivity index (χ1v) is 12.4. The Morgan fingerprint density at radius 3 is 2.18 bits per heavy atom. The van der Waals surface area contributed by atoms with Gasteiger partial charge in [0.15, 0.2) is 0 Å². The molecule has 198 valence electrons. The van der Waals surface area contributed by atoms with Crippen LogP contribution >= 0.6 is 0 Å². The molecule has 8 nitrogen and oxygen atoms in total. The van der Waals surface area contributed by atoms with Crippen LogP contribution in [0, 0.1) is 5.82 Å². The number of benzene rings is 3. The summed E-state index contributed by atoms with van der Waals surface area (Å²) in [4.78, 5) is 38.2. The molecule has 0 atom stereocenters. The third-order valence-electron chi connectivity index (χ3n) is 5.80. The molecule has 0 aliphatic heterocycles. The minimum Gasteiger partial charge on any atom is -0.330 e. The van der Waals surface area contributed by atoms with Crippen molar-refractivity contribution in [2.24, 2.45) is 0 Å². The SMILES string of the molecule is CCN(CC(=O)Nc1ccc(NC(C)=O)cc1)C(=O)C=Cc1cn(-c2ccccc2)nc1-c1ccc(F)cc1. The van der Waals surface area contributed by atoms with Gasteiger partial charge in [0.05, 0.1) is 11.4 Å². The summed E-state index contributed by atoms with van der Waals surface area (Å²) < 4.78 is 15.2. The molecule has 0 saturated heterocycles. The Morgan fingerprint density at radius 1 is 0.923 bits per heavy atom. The fourth-order valence-corrected chi connectivity index (χ4v) is 3.88. The molecule has 3 amide bonds. The molecule has 0 bridgehead atoms. The van der Waals surface area contributed by atoms with Gasteiger partial charge in [0.1, 0.15) is 12.4 Å². The number of para-hydroxylation sites is 1. The van der Waals surface area contributed by atoms with Crippen LogP contribution in [0.2, 0.25) is 0 Å². The number of carbonyl (C=O) groups excluding carboxylic acids is 3. The molecule has 0 fully saturated rings. The van der Waals surface area contributed by atoms with Gasteiger partial charge in [-0.1, -0.05) is 18.2 Å². The third kappa shape index (κ3) is 7.26. The van der Waals surface area contributed by atoms with Gasteiger partial charge in [0.25, 0.3) is 0 Å². The predicted molar refractivity (Wildman–Crippen MR) is 150 cm³/mol. The molecule has 3 aromatic carbocycles. The monoisotopic (exact) mass is 525 g/mol. The van der Waals surface area contributed by atoms with Gasteiger partial charge in [-0.2, -0.15) is 5.10 Å². The summed E-state index contributed by atoms with van der Waals surface area (Å²) in [6.45, 7) is 3.39. The predicted octanol–water partition coefficient (Wildman–Crippen LogP) is 5.14. The Labute approximate surface area is 225 Å². The molecule has 1 aromatic heterocycles. The number of nitrogens with zero attached hydrogens (tertiary/aromatic N) is 3. The van der Waals surface area contributed by atoms with E-state index in [1.54, 1.807) is 60.3 Å². The first kappa shape index (κ1) is 27.0. The number of amides is 3. The maximum absolute atomic E-state index is 13.5. The van der Waals surface area contributed by atoms with Crippen LogP contribution in [0.15, 0.2) is 91.1 Å². The van der Waals surface area contributed by atoms with Crippen LogP contribution in [0.1, 0.15) is 19.4 Å². The highest BCUT2D eigenvalue weighted by molar-refractivity contribution is 5.98. The van der Waals surface area contributed by atoms with Gasteiger partial charge in [0.2, 0.25) is 17.7 Å². The van der Waals surface area contributed by atoms with Crippen molar-refractivity contribution in [3.05, 3.63) is 103 Å². The minimum absolute atomic E-state index is 0.138. The maximum Gasteiger partial charge on any atom is 0.247 e. The van der Waals surface area contributed by atoms with E-state index >= 15 is 0 Å². The Hall–Kier alpha value is -5.05. The van der Waals surface area contributed by atoms with Crippen molar-refractivity contribution < 1.29 is 18.8 Å². The van der Waals surface area contributed by atoms with Crippen LogP contribution in [-0.4, -0.2) is 45.5 Å². The van der Waals surface area contributed by atoms with E-state index < -0.39 is 0 Å². The molecule has 9 heteroatoms. The summed E-state index contributed by atoms with van der Waals surface area (Å²) in [6.07, 6.45) is 4.85. The number of hydrogen-bond donors (Lipinski definition) is 2. The summed E-state index contributed by atoms with van der Waals surface area (Å²) in [5.74, 6) is -1.23. The number of aromatic nitrogens is 2. The number of nitrogens with one attached hydrogen (secondary N) is 2. The lowest BCUT2D eigenvalue weighted by atomic mass is 10.1. The van der Waals surface area contributed by atoms with Gasteiger partial charge < -0.3 is 15.5 Å². The fourth-order valence-electron chi connectivity index (χ4n) is 3.88.